The van der Waals surface area contributed by atoms with Gasteiger partial charge in [0.05, 0.1) is 32.4 Å². The van der Waals surface area contributed by atoms with Gasteiger partial charge in [-0.05, 0) is 60.0 Å². The van der Waals surface area contributed by atoms with Crippen LogP contribution in [0.25, 0.3) is 5.76 Å². The van der Waals surface area contributed by atoms with Crippen LogP contribution in [0.5, 0.6) is 17.2 Å². The Morgan fingerprint density at radius 3 is 2.32 bits per heavy atom. The molecule has 0 spiro atoms. The fourth-order valence-electron chi connectivity index (χ4n) is 4.50. The zero-order chi connectivity index (χ0) is 27.1. The molecule has 1 aliphatic rings. The van der Waals surface area contributed by atoms with Gasteiger partial charge in [0.25, 0.3) is 11.7 Å². The van der Waals surface area contributed by atoms with Crippen LogP contribution < -0.4 is 14.2 Å². The molecule has 2 aromatic carbocycles. The first-order valence-electron chi connectivity index (χ1n) is 12.6. The number of ether oxygens (including phenoxy) is 3. The first-order valence-corrected chi connectivity index (χ1v) is 12.6. The Balaban J connectivity index is 1.76. The Bertz CT molecular complexity index is 1300. The number of aliphatic hydroxyl groups excluding tert-OH is 1. The number of nitrogens with zero attached hydrogens (tertiary/aromatic N) is 2. The van der Waals surface area contributed by atoms with Crippen molar-refractivity contribution in [3.8, 4) is 17.2 Å². The molecule has 1 saturated heterocycles. The number of carbonyl (C=O) groups is 2. The van der Waals surface area contributed by atoms with Gasteiger partial charge in [-0.15, -0.1) is 0 Å². The van der Waals surface area contributed by atoms with Crippen molar-refractivity contribution in [1.29, 1.82) is 0 Å². The third-order valence-corrected chi connectivity index (χ3v) is 6.51. The van der Waals surface area contributed by atoms with E-state index in [1.165, 1.54) is 19.1 Å². The molecule has 0 radical (unpaired) electrons. The molecule has 1 fully saturated rings. The molecule has 0 aliphatic carbocycles. The van der Waals surface area contributed by atoms with Crippen molar-refractivity contribution >= 4 is 17.4 Å². The monoisotopic (exact) mass is 516 g/mol. The third-order valence-electron chi connectivity index (χ3n) is 6.51. The summed E-state index contributed by atoms with van der Waals surface area (Å²) in [4.78, 5) is 32.1. The molecule has 198 valence electrons. The number of rotatable bonds is 11. The van der Waals surface area contributed by atoms with E-state index in [2.05, 4.69) is 11.9 Å². The van der Waals surface area contributed by atoms with Crippen LogP contribution in [0.15, 0.2) is 72.6 Å². The number of ketones is 1. The normalized spacial score (nSPS) is 16.5. The highest BCUT2D eigenvalue weighted by Gasteiger charge is 2.46. The highest BCUT2D eigenvalue weighted by atomic mass is 16.5. The van der Waals surface area contributed by atoms with Crippen molar-refractivity contribution in [3.05, 3.63) is 89.3 Å². The Kier molecular flexibility index (Phi) is 8.63. The van der Waals surface area contributed by atoms with Crippen molar-refractivity contribution in [2.75, 3.05) is 20.8 Å². The minimum absolute atomic E-state index is 0.00731. The number of aliphatic hydroxyl groups is 1. The molecule has 0 bridgehead atoms. The predicted molar refractivity (Wildman–Crippen MR) is 143 cm³/mol. The predicted octanol–water partition coefficient (Wildman–Crippen LogP) is 5.29. The number of pyridine rings is 1. The minimum atomic E-state index is -0.801. The fourth-order valence-corrected chi connectivity index (χ4v) is 4.50. The van der Waals surface area contributed by atoms with Crippen LogP contribution >= 0.6 is 0 Å². The minimum Gasteiger partial charge on any atom is -0.507 e. The first kappa shape index (κ1) is 26.7. The number of hydrogen-bond acceptors (Lipinski definition) is 7. The molecule has 3 aromatic rings. The number of unbranched alkanes of at least 4 members (excludes halogenated alkanes) is 2. The van der Waals surface area contributed by atoms with E-state index in [1.807, 2.05) is 24.3 Å². The molecule has 2 heterocycles. The molecule has 1 amide bonds. The van der Waals surface area contributed by atoms with Gasteiger partial charge in [0, 0.05) is 24.5 Å². The quantitative estimate of drug-likeness (QED) is 0.160. The molecule has 38 heavy (non-hydrogen) atoms. The average molecular weight is 517 g/mol. The SMILES string of the molecule is CCCCCOc1ccc([C@H]2C(=C(O)c3ccc(OC)c(OC)c3)C(=O)C(=O)N2Cc2ccncc2)cc1. The number of methoxy groups -OCH3 is 2. The summed E-state index contributed by atoms with van der Waals surface area (Å²) in [6.07, 6.45) is 6.44. The second-order valence-corrected chi connectivity index (χ2v) is 8.98. The van der Waals surface area contributed by atoms with Gasteiger partial charge in [-0.1, -0.05) is 31.9 Å². The standard InChI is InChI=1S/C30H32N2O6/c1-4-5-6-17-38-23-10-7-21(8-11-23)27-26(28(33)22-9-12-24(36-2)25(18-22)37-3)29(34)30(35)32(27)19-20-13-15-31-16-14-20/h7-16,18,27,33H,4-6,17,19H2,1-3H3/t27-/m0/s1. The fraction of sp³-hybridized carbons (Fsp3) is 0.300. The molecular formula is C30H32N2O6. The molecule has 1 N–H and O–H groups in total. The van der Waals surface area contributed by atoms with Gasteiger partial charge in [0.1, 0.15) is 11.5 Å². The Morgan fingerprint density at radius 2 is 1.66 bits per heavy atom. The van der Waals surface area contributed by atoms with Crippen LogP contribution in [0, 0.1) is 0 Å². The van der Waals surface area contributed by atoms with Gasteiger partial charge in [-0.25, -0.2) is 0 Å². The van der Waals surface area contributed by atoms with Crippen molar-refractivity contribution < 1.29 is 28.9 Å². The third kappa shape index (κ3) is 5.64. The van der Waals surface area contributed by atoms with Crippen LogP contribution in [0.2, 0.25) is 0 Å². The van der Waals surface area contributed by atoms with Gasteiger partial charge in [0.15, 0.2) is 11.5 Å². The number of carbonyl (C=O) groups excluding carboxylic acids is 2. The van der Waals surface area contributed by atoms with E-state index < -0.39 is 17.7 Å². The summed E-state index contributed by atoms with van der Waals surface area (Å²) < 4.78 is 16.5. The molecule has 1 aromatic heterocycles. The second kappa shape index (κ2) is 12.3. The number of Topliss-reactive ketones (excluding diaryl/α,β-unsaturated/α-hetero) is 1. The van der Waals surface area contributed by atoms with Gasteiger partial charge in [-0.2, -0.15) is 0 Å². The number of amides is 1. The number of likely N-dealkylation sites (tertiary alicyclic amines) is 1. The maximum absolute atomic E-state index is 13.3. The summed E-state index contributed by atoms with van der Waals surface area (Å²) in [5.41, 5.74) is 1.84. The highest BCUT2D eigenvalue weighted by Crippen LogP contribution is 2.41. The van der Waals surface area contributed by atoms with E-state index in [1.54, 1.807) is 42.7 Å². The van der Waals surface area contributed by atoms with Crippen molar-refractivity contribution in [2.24, 2.45) is 0 Å². The number of benzene rings is 2. The van der Waals surface area contributed by atoms with E-state index >= 15 is 0 Å². The van der Waals surface area contributed by atoms with Gasteiger partial charge in [0.2, 0.25) is 0 Å². The highest BCUT2D eigenvalue weighted by molar-refractivity contribution is 6.46. The maximum Gasteiger partial charge on any atom is 0.295 e. The van der Waals surface area contributed by atoms with Crippen molar-refractivity contribution in [3.63, 3.8) is 0 Å². The van der Waals surface area contributed by atoms with E-state index in [9.17, 15) is 14.7 Å². The molecular weight excluding hydrogens is 484 g/mol. The topological polar surface area (TPSA) is 98.2 Å². The summed E-state index contributed by atoms with van der Waals surface area (Å²) in [5, 5.41) is 11.4. The second-order valence-electron chi connectivity index (χ2n) is 8.98. The van der Waals surface area contributed by atoms with Crippen molar-refractivity contribution in [1.82, 2.24) is 9.88 Å². The Hall–Kier alpha value is -4.33. The zero-order valence-electron chi connectivity index (χ0n) is 21.8. The van der Waals surface area contributed by atoms with Gasteiger partial charge in [-0.3, -0.25) is 14.6 Å². The number of aromatic nitrogens is 1. The molecule has 8 heteroatoms. The summed E-state index contributed by atoms with van der Waals surface area (Å²) in [5.74, 6) is -0.149. The Morgan fingerprint density at radius 1 is 0.947 bits per heavy atom. The molecule has 0 saturated carbocycles. The summed E-state index contributed by atoms with van der Waals surface area (Å²) >= 11 is 0. The lowest BCUT2D eigenvalue weighted by Crippen LogP contribution is -2.29. The van der Waals surface area contributed by atoms with E-state index in [4.69, 9.17) is 14.2 Å². The molecule has 0 unspecified atom stereocenters. The molecule has 1 aliphatic heterocycles. The number of hydrogen-bond donors (Lipinski definition) is 1. The largest absolute Gasteiger partial charge is 0.507 e. The lowest BCUT2D eigenvalue weighted by atomic mass is 9.95. The van der Waals surface area contributed by atoms with Crippen LogP contribution in [-0.4, -0.2) is 47.5 Å². The first-order chi connectivity index (χ1) is 18.5. The van der Waals surface area contributed by atoms with E-state index in [0.717, 1.165) is 24.8 Å². The van der Waals surface area contributed by atoms with Gasteiger partial charge >= 0.3 is 0 Å². The molecule has 1 atom stereocenters. The smallest absolute Gasteiger partial charge is 0.295 e. The summed E-state index contributed by atoms with van der Waals surface area (Å²) in [6, 6.07) is 14.9. The molecule has 4 rings (SSSR count). The zero-order valence-corrected chi connectivity index (χ0v) is 21.8. The summed E-state index contributed by atoms with van der Waals surface area (Å²) in [6.45, 7) is 2.93. The van der Waals surface area contributed by atoms with E-state index in [0.29, 0.717) is 35.0 Å². The molecule has 8 nitrogen and oxygen atoms in total. The van der Waals surface area contributed by atoms with E-state index in [-0.39, 0.29) is 17.9 Å². The van der Waals surface area contributed by atoms with Crippen LogP contribution in [0.3, 0.4) is 0 Å². The van der Waals surface area contributed by atoms with Crippen LogP contribution in [0.1, 0.15) is 48.9 Å². The maximum atomic E-state index is 13.3. The lowest BCUT2D eigenvalue weighted by molar-refractivity contribution is -0.140. The van der Waals surface area contributed by atoms with Crippen molar-refractivity contribution in [2.45, 2.75) is 38.8 Å². The van der Waals surface area contributed by atoms with Crippen LogP contribution in [-0.2, 0) is 16.1 Å². The Labute approximate surface area is 222 Å². The average Bonchev–Trinajstić information content (AvgIpc) is 3.20. The summed E-state index contributed by atoms with van der Waals surface area (Å²) in [7, 11) is 3.00. The lowest BCUT2D eigenvalue weighted by Gasteiger charge is -2.25. The van der Waals surface area contributed by atoms with Crippen LogP contribution in [0.4, 0.5) is 0 Å². The van der Waals surface area contributed by atoms with Gasteiger partial charge < -0.3 is 24.2 Å².